The molecule has 1 aliphatic rings. The summed E-state index contributed by atoms with van der Waals surface area (Å²) in [6.07, 6.45) is 7.96. The minimum absolute atomic E-state index is 0.500. The molecule has 2 rings (SSSR count). The van der Waals surface area contributed by atoms with Crippen LogP contribution in [-0.2, 0) is 6.42 Å². The fraction of sp³-hybridized carbons (Fsp3) is 0.643. The summed E-state index contributed by atoms with van der Waals surface area (Å²) in [7, 11) is 0. The first-order valence-corrected chi connectivity index (χ1v) is 6.34. The lowest BCUT2D eigenvalue weighted by Crippen LogP contribution is -2.36. The van der Waals surface area contributed by atoms with Gasteiger partial charge in [-0.1, -0.05) is 19.4 Å². The Morgan fingerprint density at radius 2 is 2.12 bits per heavy atom. The highest BCUT2D eigenvalue weighted by Gasteiger charge is 2.32. The lowest BCUT2D eigenvalue weighted by atomic mass is 9.76. The van der Waals surface area contributed by atoms with Crippen LogP contribution in [0.25, 0.3) is 0 Å². The maximum absolute atomic E-state index is 10.5. The molecular formula is C14H21NO. The van der Waals surface area contributed by atoms with Crippen LogP contribution in [-0.4, -0.2) is 15.7 Å². The van der Waals surface area contributed by atoms with Crippen molar-refractivity contribution in [3.05, 3.63) is 30.1 Å². The van der Waals surface area contributed by atoms with Crippen molar-refractivity contribution in [3.8, 4) is 0 Å². The van der Waals surface area contributed by atoms with Crippen molar-refractivity contribution >= 4 is 0 Å². The smallest absolute Gasteiger partial charge is 0.0703 e. The Morgan fingerprint density at radius 1 is 1.38 bits per heavy atom. The quantitative estimate of drug-likeness (QED) is 0.848. The van der Waals surface area contributed by atoms with Gasteiger partial charge in [0.15, 0.2) is 0 Å². The molecule has 0 unspecified atom stereocenters. The Kier molecular flexibility index (Phi) is 3.59. The molecule has 16 heavy (non-hydrogen) atoms. The molecule has 0 bridgehead atoms. The highest BCUT2D eigenvalue weighted by atomic mass is 16.3. The van der Waals surface area contributed by atoms with E-state index in [0.29, 0.717) is 6.42 Å². The highest BCUT2D eigenvalue weighted by molar-refractivity contribution is 5.07. The van der Waals surface area contributed by atoms with Crippen LogP contribution in [0.15, 0.2) is 24.4 Å². The highest BCUT2D eigenvalue weighted by Crippen LogP contribution is 2.35. The fourth-order valence-corrected chi connectivity index (χ4v) is 2.64. The largest absolute Gasteiger partial charge is 0.389 e. The zero-order valence-electron chi connectivity index (χ0n) is 10.0. The average molecular weight is 219 g/mol. The molecule has 1 N–H and O–H groups in total. The van der Waals surface area contributed by atoms with Crippen molar-refractivity contribution in [2.24, 2.45) is 5.92 Å². The molecule has 1 aromatic rings. The number of rotatable bonds is 3. The fourth-order valence-electron chi connectivity index (χ4n) is 2.64. The number of hydrogen-bond donors (Lipinski definition) is 1. The zero-order chi connectivity index (χ0) is 11.4. The molecule has 0 amide bonds. The second-order valence-corrected chi connectivity index (χ2v) is 5.07. The SMILES string of the molecule is CCC1CCC(O)(Cc2ccccn2)CC1. The van der Waals surface area contributed by atoms with Gasteiger partial charge >= 0.3 is 0 Å². The van der Waals surface area contributed by atoms with Gasteiger partial charge in [0.2, 0.25) is 0 Å². The Bertz CT molecular complexity index is 315. The minimum atomic E-state index is -0.500. The standard InChI is InChI=1S/C14H21NO/c1-2-12-6-8-14(16,9-7-12)11-13-5-3-4-10-15-13/h3-5,10,12,16H,2,6-9,11H2,1H3. The Labute approximate surface area is 97.7 Å². The molecule has 1 fully saturated rings. The van der Waals surface area contributed by atoms with Gasteiger partial charge in [-0.15, -0.1) is 0 Å². The second-order valence-electron chi connectivity index (χ2n) is 5.07. The van der Waals surface area contributed by atoms with Crippen LogP contribution in [0.1, 0.15) is 44.7 Å². The first kappa shape index (κ1) is 11.6. The van der Waals surface area contributed by atoms with Crippen molar-refractivity contribution in [1.29, 1.82) is 0 Å². The first-order valence-electron chi connectivity index (χ1n) is 6.34. The minimum Gasteiger partial charge on any atom is -0.389 e. The van der Waals surface area contributed by atoms with E-state index in [9.17, 15) is 5.11 Å². The van der Waals surface area contributed by atoms with Crippen molar-refractivity contribution in [3.63, 3.8) is 0 Å². The summed E-state index contributed by atoms with van der Waals surface area (Å²) < 4.78 is 0. The van der Waals surface area contributed by atoms with Crippen molar-refractivity contribution < 1.29 is 5.11 Å². The molecule has 1 saturated carbocycles. The van der Waals surface area contributed by atoms with E-state index < -0.39 is 5.60 Å². The van der Waals surface area contributed by atoms with Crippen molar-refractivity contribution in [2.45, 2.75) is 51.0 Å². The molecular weight excluding hydrogens is 198 g/mol. The lowest BCUT2D eigenvalue weighted by Gasteiger charge is -2.35. The topological polar surface area (TPSA) is 33.1 Å². The van der Waals surface area contributed by atoms with Gasteiger partial charge in [-0.2, -0.15) is 0 Å². The maximum atomic E-state index is 10.5. The Hall–Kier alpha value is -0.890. The molecule has 1 heterocycles. The van der Waals surface area contributed by atoms with E-state index in [1.54, 1.807) is 6.20 Å². The number of aromatic nitrogens is 1. The van der Waals surface area contributed by atoms with E-state index in [2.05, 4.69) is 11.9 Å². The molecule has 0 radical (unpaired) electrons. The first-order chi connectivity index (χ1) is 7.72. The van der Waals surface area contributed by atoms with E-state index in [4.69, 9.17) is 0 Å². The third kappa shape index (κ3) is 2.82. The molecule has 0 aliphatic heterocycles. The van der Waals surface area contributed by atoms with Crippen molar-refractivity contribution in [1.82, 2.24) is 4.98 Å². The molecule has 1 aromatic heterocycles. The summed E-state index contributed by atoms with van der Waals surface area (Å²) in [4.78, 5) is 4.30. The summed E-state index contributed by atoms with van der Waals surface area (Å²) >= 11 is 0. The summed E-state index contributed by atoms with van der Waals surface area (Å²) in [5, 5.41) is 10.5. The van der Waals surface area contributed by atoms with Gasteiger partial charge < -0.3 is 5.11 Å². The van der Waals surface area contributed by atoms with Crippen LogP contribution >= 0.6 is 0 Å². The van der Waals surface area contributed by atoms with Gasteiger partial charge in [-0.25, -0.2) is 0 Å². The van der Waals surface area contributed by atoms with Gasteiger partial charge in [0, 0.05) is 18.3 Å². The summed E-state index contributed by atoms with van der Waals surface area (Å²) in [6, 6.07) is 5.91. The van der Waals surface area contributed by atoms with Gasteiger partial charge in [-0.3, -0.25) is 4.98 Å². The molecule has 0 atom stereocenters. The van der Waals surface area contributed by atoms with E-state index in [-0.39, 0.29) is 0 Å². The maximum Gasteiger partial charge on any atom is 0.0703 e. The Balaban J connectivity index is 1.95. The average Bonchev–Trinajstić information content (AvgIpc) is 2.31. The Morgan fingerprint density at radius 3 is 2.69 bits per heavy atom. The molecule has 1 aliphatic carbocycles. The van der Waals surface area contributed by atoms with Gasteiger partial charge in [0.1, 0.15) is 0 Å². The zero-order valence-corrected chi connectivity index (χ0v) is 10.0. The molecule has 0 saturated heterocycles. The predicted octanol–water partition coefficient (Wildman–Crippen LogP) is 2.96. The number of hydrogen-bond acceptors (Lipinski definition) is 2. The third-order valence-electron chi connectivity index (χ3n) is 3.85. The van der Waals surface area contributed by atoms with Crippen molar-refractivity contribution in [2.75, 3.05) is 0 Å². The second kappa shape index (κ2) is 4.96. The monoisotopic (exact) mass is 219 g/mol. The summed E-state index contributed by atoms with van der Waals surface area (Å²) in [5.41, 5.74) is 0.514. The summed E-state index contributed by atoms with van der Waals surface area (Å²) in [5.74, 6) is 0.823. The third-order valence-corrected chi connectivity index (χ3v) is 3.85. The van der Waals surface area contributed by atoms with Crippen LogP contribution in [0.2, 0.25) is 0 Å². The van der Waals surface area contributed by atoms with E-state index in [0.717, 1.165) is 24.5 Å². The van der Waals surface area contributed by atoms with Crippen LogP contribution < -0.4 is 0 Å². The molecule has 88 valence electrons. The predicted molar refractivity (Wildman–Crippen MR) is 65.1 cm³/mol. The molecule has 2 heteroatoms. The van der Waals surface area contributed by atoms with Crippen LogP contribution in [0.3, 0.4) is 0 Å². The van der Waals surface area contributed by atoms with Gasteiger partial charge in [0.25, 0.3) is 0 Å². The van der Waals surface area contributed by atoms with Crippen LogP contribution in [0.5, 0.6) is 0 Å². The van der Waals surface area contributed by atoms with Gasteiger partial charge in [-0.05, 0) is 43.7 Å². The number of nitrogens with zero attached hydrogens (tertiary/aromatic N) is 1. The van der Waals surface area contributed by atoms with Gasteiger partial charge in [0.05, 0.1) is 5.60 Å². The lowest BCUT2D eigenvalue weighted by molar-refractivity contribution is -0.00997. The number of pyridine rings is 1. The van der Waals surface area contributed by atoms with E-state index in [1.165, 1.54) is 19.3 Å². The molecule has 2 nitrogen and oxygen atoms in total. The molecule has 0 spiro atoms. The van der Waals surface area contributed by atoms with E-state index in [1.807, 2.05) is 18.2 Å². The van der Waals surface area contributed by atoms with Crippen LogP contribution in [0, 0.1) is 5.92 Å². The van der Waals surface area contributed by atoms with Crippen LogP contribution in [0.4, 0.5) is 0 Å². The number of aliphatic hydroxyl groups is 1. The van der Waals surface area contributed by atoms with E-state index >= 15 is 0 Å². The summed E-state index contributed by atoms with van der Waals surface area (Å²) in [6.45, 7) is 2.24. The normalized spacial score (nSPS) is 30.2. The molecule has 0 aromatic carbocycles.